The third kappa shape index (κ3) is 5.72. The number of piperidine rings is 2. The van der Waals surface area contributed by atoms with Crippen LogP contribution in [0.4, 0.5) is 5.82 Å². The molecule has 2 amide bonds. The van der Waals surface area contributed by atoms with Crippen molar-refractivity contribution in [1.29, 1.82) is 0 Å². The minimum absolute atomic E-state index is 0.0202. The van der Waals surface area contributed by atoms with E-state index in [1.807, 2.05) is 10.3 Å². The lowest BCUT2D eigenvalue weighted by Gasteiger charge is -2.43. The zero-order valence-electron chi connectivity index (χ0n) is 22.7. The zero-order chi connectivity index (χ0) is 27.6. The second-order valence-electron chi connectivity index (χ2n) is 10.9. The fraction of sp³-hybridized carbons (Fsp3) is 0.483. The van der Waals surface area contributed by atoms with Crippen LogP contribution < -0.4 is 5.32 Å². The average molecular weight is 562 g/mol. The van der Waals surface area contributed by atoms with Gasteiger partial charge in [-0.1, -0.05) is 24.3 Å². The maximum Gasteiger partial charge on any atom is 0.272 e. The lowest BCUT2D eigenvalue weighted by atomic mass is 9.94. The standard InChI is InChI=1S/C29H35N7O3S/c1-19(37)34-12-7-22(8-13-34)31-26-16-23(32-27(33-26)28-30-10-15-40-28)29(39)36-14-9-24(25(38)18-36)35-11-6-20-4-2-3-5-21(20)17-35/h2-5,10,15-16,22,24-25,38H,6-9,11-14,17-18H2,1H3,(H,31,32,33)/t24-,25-/m0/s1. The molecule has 0 saturated carbocycles. The number of likely N-dealkylation sites (tertiary alicyclic amines) is 2. The van der Waals surface area contributed by atoms with Crippen molar-refractivity contribution in [3.05, 3.63) is 58.7 Å². The highest BCUT2D eigenvalue weighted by atomic mass is 32.1. The topological polar surface area (TPSA) is 115 Å². The van der Waals surface area contributed by atoms with Crippen molar-refractivity contribution in [1.82, 2.24) is 29.7 Å². The van der Waals surface area contributed by atoms with Crippen LogP contribution in [0.5, 0.6) is 0 Å². The first kappa shape index (κ1) is 26.8. The van der Waals surface area contributed by atoms with E-state index in [4.69, 9.17) is 0 Å². The number of fused-ring (bicyclic) bond motifs is 1. The number of nitrogens with zero attached hydrogens (tertiary/aromatic N) is 6. The molecule has 0 aliphatic carbocycles. The van der Waals surface area contributed by atoms with E-state index in [0.717, 1.165) is 32.4 Å². The molecule has 0 spiro atoms. The largest absolute Gasteiger partial charge is 0.390 e. The van der Waals surface area contributed by atoms with Crippen molar-refractivity contribution >= 4 is 29.0 Å². The summed E-state index contributed by atoms with van der Waals surface area (Å²) < 4.78 is 0. The normalized spacial score (nSPS) is 22.1. The Kier molecular flexibility index (Phi) is 7.77. The van der Waals surface area contributed by atoms with Gasteiger partial charge in [-0.15, -0.1) is 11.3 Å². The van der Waals surface area contributed by atoms with Gasteiger partial charge in [0.2, 0.25) is 5.91 Å². The van der Waals surface area contributed by atoms with Gasteiger partial charge >= 0.3 is 0 Å². The Balaban J connectivity index is 1.15. The lowest BCUT2D eigenvalue weighted by molar-refractivity contribution is -0.129. The van der Waals surface area contributed by atoms with Gasteiger partial charge in [-0.25, -0.2) is 15.0 Å². The van der Waals surface area contributed by atoms with E-state index < -0.39 is 6.10 Å². The van der Waals surface area contributed by atoms with Crippen LogP contribution in [0.1, 0.15) is 47.8 Å². The number of thiazole rings is 1. The van der Waals surface area contributed by atoms with E-state index in [1.54, 1.807) is 24.1 Å². The molecule has 0 bridgehead atoms. The molecule has 2 atom stereocenters. The van der Waals surface area contributed by atoms with Crippen molar-refractivity contribution < 1.29 is 14.7 Å². The third-order valence-electron chi connectivity index (χ3n) is 8.32. The monoisotopic (exact) mass is 561 g/mol. The number of aromatic nitrogens is 3. The number of hydrogen-bond donors (Lipinski definition) is 2. The Bertz CT molecular complexity index is 1360. The van der Waals surface area contributed by atoms with Gasteiger partial charge in [0.25, 0.3) is 5.91 Å². The van der Waals surface area contributed by atoms with Crippen molar-refractivity contribution in [3.8, 4) is 10.8 Å². The Labute approximate surface area is 238 Å². The van der Waals surface area contributed by atoms with Gasteiger partial charge in [-0.2, -0.15) is 0 Å². The molecule has 210 valence electrons. The SMILES string of the molecule is CC(=O)N1CCC(Nc2cc(C(=O)N3CC[C@H](N4CCc5ccccc5C4)[C@@H](O)C3)nc(-c3nccs3)n2)CC1. The molecule has 40 heavy (non-hydrogen) atoms. The highest BCUT2D eigenvalue weighted by Gasteiger charge is 2.36. The Morgan fingerprint density at radius 2 is 1.80 bits per heavy atom. The summed E-state index contributed by atoms with van der Waals surface area (Å²) in [7, 11) is 0. The Morgan fingerprint density at radius 3 is 2.52 bits per heavy atom. The van der Waals surface area contributed by atoms with Gasteiger partial charge in [0, 0.05) is 75.9 Å². The average Bonchev–Trinajstić information content (AvgIpc) is 3.52. The number of aliphatic hydroxyl groups excluding tert-OH is 1. The molecule has 3 aliphatic heterocycles. The second-order valence-corrected chi connectivity index (χ2v) is 11.8. The van der Waals surface area contributed by atoms with Gasteiger partial charge < -0.3 is 20.2 Å². The number of amides is 2. The van der Waals surface area contributed by atoms with Crippen LogP contribution in [0.15, 0.2) is 41.9 Å². The van der Waals surface area contributed by atoms with Crippen molar-refractivity contribution in [2.75, 3.05) is 38.0 Å². The number of anilines is 1. The molecule has 3 aliphatic rings. The van der Waals surface area contributed by atoms with Gasteiger partial charge in [0.05, 0.1) is 6.10 Å². The van der Waals surface area contributed by atoms with Crippen LogP contribution in [0.2, 0.25) is 0 Å². The number of benzene rings is 1. The number of carbonyl (C=O) groups excluding carboxylic acids is 2. The van der Waals surface area contributed by atoms with Crippen LogP contribution in [0, 0.1) is 0 Å². The number of carbonyl (C=O) groups is 2. The van der Waals surface area contributed by atoms with Gasteiger partial charge in [-0.05, 0) is 36.8 Å². The predicted octanol–water partition coefficient (Wildman–Crippen LogP) is 2.66. The molecule has 3 aromatic rings. The minimum Gasteiger partial charge on any atom is -0.390 e. The maximum absolute atomic E-state index is 13.7. The van der Waals surface area contributed by atoms with Crippen molar-refractivity contribution in [2.45, 2.75) is 57.3 Å². The lowest BCUT2D eigenvalue weighted by Crippen LogP contribution is -2.56. The minimum atomic E-state index is -0.632. The van der Waals surface area contributed by atoms with Crippen LogP contribution in [0.3, 0.4) is 0 Å². The summed E-state index contributed by atoms with van der Waals surface area (Å²) in [5.74, 6) is 0.866. The summed E-state index contributed by atoms with van der Waals surface area (Å²) in [6.07, 6.45) is 4.36. The van der Waals surface area contributed by atoms with Crippen molar-refractivity contribution in [3.63, 3.8) is 0 Å². The van der Waals surface area contributed by atoms with Gasteiger partial charge in [0.15, 0.2) is 10.8 Å². The first-order valence-corrected chi connectivity index (χ1v) is 14.9. The van der Waals surface area contributed by atoms with Crippen LogP contribution in [0.25, 0.3) is 10.8 Å². The number of rotatable bonds is 5. The molecule has 5 heterocycles. The molecular formula is C29H35N7O3S. The number of hydrogen-bond acceptors (Lipinski definition) is 9. The van der Waals surface area contributed by atoms with Crippen LogP contribution in [-0.2, 0) is 17.8 Å². The Morgan fingerprint density at radius 1 is 1.02 bits per heavy atom. The third-order valence-corrected chi connectivity index (χ3v) is 9.09. The molecule has 2 fully saturated rings. The first-order valence-electron chi connectivity index (χ1n) is 14.0. The summed E-state index contributed by atoms with van der Waals surface area (Å²) >= 11 is 1.42. The maximum atomic E-state index is 13.7. The highest BCUT2D eigenvalue weighted by Crippen LogP contribution is 2.27. The van der Waals surface area contributed by atoms with E-state index in [9.17, 15) is 14.7 Å². The quantitative estimate of drug-likeness (QED) is 0.489. The Hall–Kier alpha value is -3.41. The van der Waals surface area contributed by atoms with E-state index >= 15 is 0 Å². The summed E-state index contributed by atoms with van der Waals surface area (Å²) in [6, 6.07) is 10.4. The molecule has 2 aromatic heterocycles. The fourth-order valence-electron chi connectivity index (χ4n) is 6.10. The number of aliphatic hydroxyl groups is 1. The highest BCUT2D eigenvalue weighted by molar-refractivity contribution is 7.13. The molecule has 1 aromatic carbocycles. The molecule has 6 rings (SSSR count). The molecule has 0 unspecified atom stereocenters. The number of β-amino-alcohol motifs (C(OH)–C–C–N with tert-alkyl or cyclic N) is 1. The van der Waals surface area contributed by atoms with Gasteiger partial charge in [-0.3, -0.25) is 14.5 Å². The first-order chi connectivity index (χ1) is 19.4. The predicted molar refractivity (Wildman–Crippen MR) is 153 cm³/mol. The van der Waals surface area contributed by atoms with E-state index in [0.29, 0.717) is 48.4 Å². The van der Waals surface area contributed by atoms with E-state index in [1.165, 1.54) is 22.5 Å². The fourth-order valence-corrected chi connectivity index (χ4v) is 6.67. The summed E-state index contributed by atoms with van der Waals surface area (Å²) in [5, 5.41) is 17.1. The molecule has 2 N–H and O–H groups in total. The smallest absolute Gasteiger partial charge is 0.272 e. The molecule has 2 saturated heterocycles. The van der Waals surface area contributed by atoms with Crippen LogP contribution in [-0.4, -0.2) is 97.5 Å². The number of nitrogens with one attached hydrogen (secondary N) is 1. The van der Waals surface area contributed by atoms with Crippen LogP contribution >= 0.6 is 11.3 Å². The van der Waals surface area contributed by atoms with Gasteiger partial charge in [0.1, 0.15) is 11.5 Å². The second kappa shape index (κ2) is 11.6. The van der Waals surface area contributed by atoms with E-state index in [2.05, 4.69) is 49.4 Å². The summed E-state index contributed by atoms with van der Waals surface area (Å²) in [4.78, 5) is 45.0. The van der Waals surface area contributed by atoms with E-state index in [-0.39, 0.29) is 30.4 Å². The molecule has 10 nitrogen and oxygen atoms in total. The molecular weight excluding hydrogens is 526 g/mol. The van der Waals surface area contributed by atoms with Crippen molar-refractivity contribution in [2.24, 2.45) is 0 Å². The summed E-state index contributed by atoms with van der Waals surface area (Å²) in [5.41, 5.74) is 3.00. The molecule has 0 radical (unpaired) electrons. The molecule has 11 heteroatoms. The summed E-state index contributed by atoms with van der Waals surface area (Å²) in [6.45, 7) is 5.55. The zero-order valence-corrected chi connectivity index (χ0v) is 23.5.